The van der Waals surface area contributed by atoms with Gasteiger partial charge in [0.2, 0.25) is 0 Å². The molecule has 0 saturated carbocycles. The van der Waals surface area contributed by atoms with Gasteiger partial charge in [-0.25, -0.2) is 0 Å². The van der Waals surface area contributed by atoms with Gasteiger partial charge in [0.05, 0.1) is 0 Å². The molecule has 0 amide bonds. The SMILES string of the molecule is CC1(C)C2CNCC2CN1Cc1c[nH]c2ccccc12. The molecule has 20 heavy (non-hydrogen) atoms. The molecule has 4 rings (SSSR count). The number of fused-ring (bicyclic) bond motifs is 2. The fraction of sp³-hybridized carbons (Fsp3) is 0.529. The standard InChI is InChI=1S/C17H23N3/c1-17(2)15-9-18-7-13(15)11-20(17)10-12-8-19-16-6-4-3-5-14(12)16/h3-6,8,13,15,18-19H,7,9-11H2,1-2H3. The van der Waals surface area contributed by atoms with Crippen LogP contribution in [0.4, 0.5) is 0 Å². The molecule has 1 aromatic heterocycles. The van der Waals surface area contributed by atoms with Crippen molar-refractivity contribution in [1.82, 2.24) is 15.2 Å². The first-order valence-electron chi connectivity index (χ1n) is 7.67. The summed E-state index contributed by atoms with van der Waals surface area (Å²) in [6.45, 7) is 9.49. The molecule has 0 spiro atoms. The third kappa shape index (κ3) is 1.73. The Balaban J connectivity index is 1.63. The Kier molecular flexibility index (Phi) is 2.69. The normalized spacial score (nSPS) is 29.1. The van der Waals surface area contributed by atoms with Crippen molar-refractivity contribution >= 4 is 10.9 Å². The number of aromatic amines is 1. The molecule has 2 fully saturated rings. The summed E-state index contributed by atoms with van der Waals surface area (Å²) in [5.41, 5.74) is 2.98. The average Bonchev–Trinajstić information content (AvgIpc) is 3.10. The van der Waals surface area contributed by atoms with E-state index in [1.54, 1.807) is 0 Å². The predicted octanol–water partition coefficient (Wildman–Crippen LogP) is 2.60. The molecule has 2 aliphatic heterocycles. The van der Waals surface area contributed by atoms with Crippen molar-refractivity contribution < 1.29 is 0 Å². The van der Waals surface area contributed by atoms with Gasteiger partial charge in [-0.2, -0.15) is 0 Å². The van der Waals surface area contributed by atoms with E-state index in [1.165, 1.54) is 36.1 Å². The van der Waals surface area contributed by atoms with E-state index in [2.05, 4.69) is 59.5 Å². The number of rotatable bonds is 2. The van der Waals surface area contributed by atoms with Gasteiger partial charge in [0.1, 0.15) is 0 Å². The molecule has 2 aliphatic rings. The topological polar surface area (TPSA) is 31.1 Å². The number of nitrogens with one attached hydrogen (secondary N) is 2. The Morgan fingerprint density at radius 2 is 2.10 bits per heavy atom. The molecule has 2 N–H and O–H groups in total. The Labute approximate surface area is 120 Å². The number of nitrogens with zero attached hydrogens (tertiary/aromatic N) is 1. The quantitative estimate of drug-likeness (QED) is 0.878. The average molecular weight is 269 g/mol. The molecule has 0 radical (unpaired) electrons. The van der Waals surface area contributed by atoms with Crippen LogP contribution in [0.3, 0.4) is 0 Å². The van der Waals surface area contributed by atoms with Gasteiger partial charge in [0, 0.05) is 42.3 Å². The molecule has 3 heteroatoms. The van der Waals surface area contributed by atoms with Crippen LogP contribution in [-0.4, -0.2) is 35.1 Å². The van der Waals surface area contributed by atoms with Crippen LogP contribution in [0.25, 0.3) is 10.9 Å². The second-order valence-corrected chi connectivity index (χ2v) is 6.92. The zero-order valence-corrected chi connectivity index (χ0v) is 12.3. The maximum atomic E-state index is 3.56. The van der Waals surface area contributed by atoms with Crippen LogP contribution in [0.1, 0.15) is 19.4 Å². The molecule has 0 aliphatic carbocycles. The summed E-state index contributed by atoms with van der Waals surface area (Å²) in [6, 6.07) is 8.62. The lowest BCUT2D eigenvalue weighted by Gasteiger charge is -2.35. The van der Waals surface area contributed by atoms with E-state index in [0.717, 1.165) is 18.4 Å². The zero-order chi connectivity index (χ0) is 13.7. The highest BCUT2D eigenvalue weighted by molar-refractivity contribution is 5.82. The largest absolute Gasteiger partial charge is 0.361 e. The van der Waals surface area contributed by atoms with Crippen LogP contribution in [0.5, 0.6) is 0 Å². The van der Waals surface area contributed by atoms with Gasteiger partial charge in [-0.3, -0.25) is 4.90 Å². The summed E-state index contributed by atoms with van der Waals surface area (Å²) in [4.78, 5) is 6.08. The van der Waals surface area contributed by atoms with Gasteiger partial charge in [-0.1, -0.05) is 18.2 Å². The van der Waals surface area contributed by atoms with Gasteiger partial charge in [-0.05, 0) is 43.9 Å². The van der Waals surface area contributed by atoms with Crippen molar-refractivity contribution in [1.29, 1.82) is 0 Å². The Morgan fingerprint density at radius 1 is 1.25 bits per heavy atom. The lowest BCUT2D eigenvalue weighted by Crippen LogP contribution is -2.43. The lowest BCUT2D eigenvalue weighted by molar-refractivity contribution is 0.132. The summed E-state index contributed by atoms with van der Waals surface area (Å²) in [5.74, 6) is 1.63. The maximum Gasteiger partial charge on any atom is 0.0457 e. The van der Waals surface area contributed by atoms with E-state index in [-0.39, 0.29) is 0 Å². The molecular weight excluding hydrogens is 246 g/mol. The molecule has 3 nitrogen and oxygen atoms in total. The Hall–Kier alpha value is -1.32. The van der Waals surface area contributed by atoms with Crippen molar-refractivity contribution in [3.05, 3.63) is 36.0 Å². The van der Waals surface area contributed by atoms with Gasteiger partial charge in [0.15, 0.2) is 0 Å². The first-order valence-corrected chi connectivity index (χ1v) is 7.67. The number of likely N-dealkylation sites (tertiary alicyclic amines) is 1. The maximum absolute atomic E-state index is 3.56. The van der Waals surface area contributed by atoms with Crippen molar-refractivity contribution in [2.24, 2.45) is 11.8 Å². The Morgan fingerprint density at radius 3 is 2.95 bits per heavy atom. The predicted molar refractivity (Wildman–Crippen MR) is 82.6 cm³/mol. The van der Waals surface area contributed by atoms with Gasteiger partial charge in [-0.15, -0.1) is 0 Å². The summed E-state index contributed by atoms with van der Waals surface area (Å²) in [6.07, 6.45) is 2.19. The summed E-state index contributed by atoms with van der Waals surface area (Å²) in [5, 5.41) is 4.93. The fourth-order valence-electron chi connectivity index (χ4n) is 4.24. The summed E-state index contributed by atoms with van der Waals surface area (Å²) < 4.78 is 0. The monoisotopic (exact) mass is 269 g/mol. The molecule has 2 saturated heterocycles. The first-order chi connectivity index (χ1) is 9.66. The minimum atomic E-state index is 0.298. The van der Waals surface area contributed by atoms with Crippen LogP contribution in [0, 0.1) is 11.8 Å². The van der Waals surface area contributed by atoms with E-state index in [1.807, 2.05) is 0 Å². The van der Waals surface area contributed by atoms with Gasteiger partial charge >= 0.3 is 0 Å². The summed E-state index contributed by atoms with van der Waals surface area (Å²) >= 11 is 0. The number of H-pyrrole nitrogens is 1. The molecular formula is C17H23N3. The van der Waals surface area contributed by atoms with Crippen molar-refractivity contribution in [3.8, 4) is 0 Å². The van der Waals surface area contributed by atoms with E-state index >= 15 is 0 Å². The van der Waals surface area contributed by atoms with Crippen LogP contribution >= 0.6 is 0 Å². The second-order valence-electron chi connectivity index (χ2n) is 6.92. The van der Waals surface area contributed by atoms with Crippen LogP contribution in [0.2, 0.25) is 0 Å². The zero-order valence-electron chi connectivity index (χ0n) is 12.3. The highest BCUT2D eigenvalue weighted by atomic mass is 15.2. The lowest BCUT2D eigenvalue weighted by atomic mass is 9.85. The molecule has 3 heterocycles. The van der Waals surface area contributed by atoms with Crippen LogP contribution in [0.15, 0.2) is 30.5 Å². The van der Waals surface area contributed by atoms with E-state index < -0.39 is 0 Å². The smallest absolute Gasteiger partial charge is 0.0457 e. The van der Waals surface area contributed by atoms with Gasteiger partial charge in [0.25, 0.3) is 0 Å². The number of para-hydroxylation sites is 1. The van der Waals surface area contributed by atoms with E-state index in [9.17, 15) is 0 Å². The van der Waals surface area contributed by atoms with Crippen LogP contribution < -0.4 is 5.32 Å². The minimum Gasteiger partial charge on any atom is -0.361 e. The molecule has 0 bridgehead atoms. The number of aromatic nitrogens is 1. The molecule has 2 unspecified atom stereocenters. The Bertz CT molecular complexity index is 628. The molecule has 2 aromatic rings. The van der Waals surface area contributed by atoms with E-state index in [0.29, 0.717) is 5.54 Å². The van der Waals surface area contributed by atoms with E-state index in [4.69, 9.17) is 0 Å². The fourth-order valence-corrected chi connectivity index (χ4v) is 4.24. The highest BCUT2D eigenvalue weighted by Crippen LogP contribution is 2.41. The van der Waals surface area contributed by atoms with Crippen molar-refractivity contribution in [2.75, 3.05) is 19.6 Å². The second kappa shape index (κ2) is 4.34. The van der Waals surface area contributed by atoms with Crippen LogP contribution in [-0.2, 0) is 6.54 Å². The number of benzene rings is 1. The third-order valence-electron chi connectivity index (χ3n) is 5.55. The summed E-state index contributed by atoms with van der Waals surface area (Å²) in [7, 11) is 0. The van der Waals surface area contributed by atoms with Crippen molar-refractivity contribution in [3.63, 3.8) is 0 Å². The molecule has 2 atom stereocenters. The van der Waals surface area contributed by atoms with Crippen molar-refractivity contribution in [2.45, 2.75) is 25.9 Å². The molecule has 1 aromatic carbocycles. The first kappa shape index (κ1) is 12.4. The van der Waals surface area contributed by atoms with Gasteiger partial charge < -0.3 is 10.3 Å². The highest BCUT2D eigenvalue weighted by Gasteiger charge is 2.49. The number of hydrogen-bond donors (Lipinski definition) is 2. The molecule has 106 valence electrons. The third-order valence-corrected chi connectivity index (χ3v) is 5.55. The minimum absolute atomic E-state index is 0.298. The number of hydrogen-bond acceptors (Lipinski definition) is 2.